The fourth-order valence-electron chi connectivity index (χ4n) is 2.71. The first-order valence-electron chi connectivity index (χ1n) is 8.28. The van der Waals surface area contributed by atoms with Crippen molar-refractivity contribution in [3.8, 4) is 0 Å². The van der Waals surface area contributed by atoms with Gasteiger partial charge in [-0.25, -0.2) is 18.7 Å². The molecule has 0 saturated carbocycles. The third kappa shape index (κ3) is 4.67. The van der Waals surface area contributed by atoms with Crippen LogP contribution in [0.5, 0.6) is 0 Å². The number of nitrogens with one attached hydrogen (secondary N) is 3. The van der Waals surface area contributed by atoms with Gasteiger partial charge in [0.15, 0.2) is 5.84 Å². The molecule has 1 fully saturated rings. The standard InChI is InChI=1S/C15H23N5O4S/c21-9-8-16-25(22,23)14-6-4-12(5-7-14)15-17-19-20(18-15)11-13-3-1-2-10-24-13/h4-7,13,16,19,21H,1-3,8-11H2,(H,17,18). The van der Waals surface area contributed by atoms with Gasteiger partial charge in [0.05, 0.1) is 24.2 Å². The van der Waals surface area contributed by atoms with E-state index in [0.717, 1.165) is 25.0 Å². The zero-order chi connectivity index (χ0) is 17.7. The quantitative estimate of drug-likeness (QED) is 0.513. The molecule has 25 heavy (non-hydrogen) atoms. The summed E-state index contributed by atoms with van der Waals surface area (Å²) in [4.78, 5) is 0.142. The summed E-state index contributed by atoms with van der Waals surface area (Å²) in [5.41, 5.74) is 6.80. The number of aliphatic hydroxyl groups excluding tert-OH is 1. The largest absolute Gasteiger partial charge is 0.395 e. The molecule has 1 atom stereocenters. The van der Waals surface area contributed by atoms with E-state index in [-0.39, 0.29) is 24.2 Å². The fourth-order valence-corrected chi connectivity index (χ4v) is 3.74. The van der Waals surface area contributed by atoms with E-state index >= 15 is 0 Å². The molecule has 0 aromatic heterocycles. The zero-order valence-corrected chi connectivity index (χ0v) is 14.6. The van der Waals surface area contributed by atoms with Crippen LogP contribution < -0.4 is 15.7 Å². The van der Waals surface area contributed by atoms with Gasteiger partial charge in [0.2, 0.25) is 10.0 Å². The molecule has 3 rings (SSSR count). The summed E-state index contributed by atoms with van der Waals surface area (Å²) in [6.07, 6.45) is 3.49. The predicted molar refractivity (Wildman–Crippen MR) is 91.8 cm³/mol. The van der Waals surface area contributed by atoms with Crippen LogP contribution in [0.15, 0.2) is 34.3 Å². The number of hydrogen-bond donors (Lipinski definition) is 4. The molecule has 1 unspecified atom stereocenters. The lowest BCUT2D eigenvalue weighted by Crippen LogP contribution is -2.47. The van der Waals surface area contributed by atoms with Crippen molar-refractivity contribution in [1.82, 2.24) is 20.8 Å². The van der Waals surface area contributed by atoms with Crippen LogP contribution in [-0.2, 0) is 14.8 Å². The van der Waals surface area contributed by atoms with Crippen LogP contribution in [0.2, 0.25) is 0 Å². The van der Waals surface area contributed by atoms with E-state index in [1.54, 1.807) is 17.3 Å². The van der Waals surface area contributed by atoms with Gasteiger partial charge in [0.1, 0.15) is 0 Å². The van der Waals surface area contributed by atoms with Crippen LogP contribution in [0.4, 0.5) is 0 Å². The molecule has 0 amide bonds. The van der Waals surface area contributed by atoms with Crippen LogP contribution in [0.25, 0.3) is 0 Å². The number of rotatable bonds is 7. The lowest BCUT2D eigenvalue weighted by molar-refractivity contribution is -0.0193. The first-order valence-corrected chi connectivity index (χ1v) is 9.77. The normalized spacial score (nSPS) is 21.5. The number of hydrazone groups is 1. The molecule has 1 aromatic carbocycles. The van der Waals surface area contributed by atoms with E-state index in [4.69, 9.17) is 9.84 Å². The minimum absolute atomic E-state index is 0.0134. The van der Waals surface area contributed by atoms with Crippen molar-refractivity contribution in [3.63, 3.8) is 0 Å². The maximum atomic E-state index is 12.0. The van der Waals surface area contributed by atoms with Gasteiger partial charge in [-0.2, -0.15) is 0 Å². The van der Waals surface area contributed by atoms with Crippen molar-refractivity contribution in [2.24, 2.45) is 5.10 Å². The number of amidine groups is 1. The van der Waals surface area contributed by atoms with Gasteiger partial charge in [0.25, 0.3) is 0 Å². The van der Waals surface area contributed by atoms with Crippen molar-refractivity contribution >= 4 is 15.9 Å². The SMILES string of the molecule is O=S(=O)(NCCO)c1ccc(C2=NNN(CC3CCCCO3)N2)cc1. The van der Waals surface area contributed by atoms with Gasteiger partial charge < -0.3 is 9.84 Å². The molecule has 2 aliphatic heterocycles. The van der Waals surface area contributed by atoms with Gasteiger partial charge in [-0.15, -0.1) is 10.2 Å². The Morgan fingerprint density at radius 2 is 2.12 bits per heavy atom. The van der Waals surface area contributed by atoms with Gasteiger partial charge in [-0.3, -0.25) is 5.43 Å². The molecule has 138 valence electrons. The Hall–Kier alpha value is -1.72. The maximum absolute atomic E-state index is 12.0. The monoisotopic (exact) mass is 369 g/mol. The van der Waals surface area contributed by atoms with Crippen LogP contribution in [-0.4, -0.2) is 56.9 Å². The average Bonchev–Trinajstić information content (AvgIpc) is 3.09. The lowest BCUT2D eigenvalue weighted by Gasteiger charge is -2.26. The Morgan fingerprint density at radius 3 is 2.80 bits per heavy atom. The summed E-state index contributed by atoms with van der Waals surface area (Å²) in [7, 11) is -3.61. The molecule has 1 aromatic rings. The fraction of sp³-hybridized carbons (Fsp3) is 0.533. The molecule has 2 heterocycles. The van der Waals surface area contributed by atoms with E-state index in [1.165, 1.54) is 18.6 Å². The highest BCUT2D eigenvalue weighted by Crippen LogP contribution is 2.15. The number of benzene rings is 1. The van der Waals surface area contributed by atoms with Crippen molar-refractivity contribution in [2.75, 3.05) is 26.3 Å². The molecule has 0 radical (unpaired) electrons. The Balaban J connectivity index is 1.57. The van der Waals surface area contributed by atoms with Crippen LogP contribution in [0.1, 0.15) is 24.8 Å². The number of aliphatic hydroxyl groups is 1. The highest BCUT2D eigenvalue weighted by atomic mass is 32.2. The molecular weight excluding hydrogens is 346 g/mol. The molecule has 1 saturated heterocycles. The molecule has 10 heteroatoms. The lowest BCUT2D eigenvalue weighted by atomic mass is 10.1. The summed E-state index contributed by atoms with van der Waals surface area (Å²) in [5.74, 6) is 0.614. The molecule has 4 N–H and O–H groups in total. The summed E-state index contributed by atoms with van der Waals surface area (Å²) in [5, 5.41) is 14.7. The Kier molecular flexibility index (Phi) is 5.86. The summed E-state index contributed by atoms with van der Waals surface area (Å²) < 4.78 is 32.0. The van der Waals surface area contributed by atoms with Crippen molar-refractivity contribution in [3.05, 3.63) is 29.8 Å². The first-order chi connectivity index (χ1) is 12.1. The van der Waals surface area contributed by atoms with Crippen molar-refractivity contribution in [2.45, 2.75) is 30.3 Å². The number of hydrogen-bond acceptors (Lipinski definition) is 8. The smallest absolute Gasteiger partial charge is 0.240 e. The average molecular weight is 369 g/mol. The minimum atomic E-state index is -3.61. The van der Waals surface area contributed by atoms with Gasteiger partial charge in [0, 0.05) is 18.7 Å². The Bertz CT molecular complexity index is 701. The highest BCUT2D eigenvalue weighted by molar-refractivity contribution is 7.89. The summed E-state index contributed by atoms with van der Waals surface area (Å²) in [6.45, 7) is 1.21. The second-order valence-corrected chi connectivity index (χ2v) is 7.68. The Labute approximate surface area is 147 Å². The molecule has 2 aliphatic rings. The molecule has 0 spiro atoms. The van der Waals surface area contributed by atoms with Crippen LogP contribution in [0.3, 0.4) is 0 Å². The third-order valence-corrected chi connectivity index (χ3v) is 5.50. The molecular formula is C15H23N5O4S. The maximum Gasteiger partial charge on any atom is 0.240 e. The zero-order valence-electron chi connectivity index (χ0n) is 13.8. The van der Waals surface area contributed by atoms with Crippen LogP contribution in [0, 0.1) is 0 Å². The van der Waals surface area contributed by atoms with E-state index in [2.05, 4.69) is 20.8 Å². The van der Waals surface area contributed by atoms with Crippen molar-refractivity contribution in [1.29, 1.82) is 0 Å². The number of nitrogens with zero attached hydrogens (tertiary/aromatic N) is 2. The minimum Gasteiger partial charge on any atom is -0.395 e. The number of ether oxygens (including phenoxy) is 1. The molecule has 0 bridgehead atoms. The van der Waals surface area contributed by atoms with Gasteiger partial charge >= 0.3 is 0 Å². The molecule has 0 aliphatic carbocycles. The summed E-state index contributed by atoms with van der Waals surface area (Å²) >= 11 is 0. The first kappa shape index (κ1) is 18.1. The van der Waals surface area contributed by atoms with Crippen LogP contribution >= 0.6 is 0 Å². The third-order valence-electron chi connectivity index (χ3n) is 4.03. The molecule has 9 nitrogen and oxygen atoms in total. The topological polar surface area (TPSA) is 115 Å². The number of hydrazine groups is 2. The van der Waals surface area contributed by atoms with Crippen molar-refractivity contribution < 1.29 is 18.3 Å². The summed E-state index contributed by atoms with van der Waals surface area (Å²) in [6, 6.07) is 6.38. The van der Waals surface area contributed by atoms with E-state index in [1.807, 2.05) is 0 Å². The van der Waals surface area contributed by atoms with E-state index < -0.39 is 10.0 Å². The van der Waals surface area contributed by atoms with Gasteiger partial charge in [-0.05, 0) is 43.5 Å². The highest BCUT2D eigenvalue weighted by Gasteiger charge is 2.22. The van der Waals surface area contributed by atoms with Gasteiger partial charge in [-0.1, -0.05) is 0 Å². The van der Waals surface area contributed by atoms with E-state index in [9.17, 15) is 8.42 Å². The second-order valence-electron chi connectivity index (χ2n) is 5.92. The van der Waals surface area contributed by atoms with E-state index in [0.29, 0.717) is 12.4 Å². The Morgan fingerprint density at radius 1 is 1.32 bits per heavy atom. The number of sulfonamides is 1. The predicted octanol–water partition coefficient (Wildman–Crippen LogP) is -0.487. The second kappa shape index (κ2) is 8.11.